The molecule has 0 saturated heterocycles. The Morgan fingerprint density at radius 3 is 1.97 bits per heavy atom. The number of halogens is 1. The smallest absolute Gasteiger partial charge is 0.263 e. The molecule has 0 fully saturated rings. The minimum atomic E-state index is -4.09. The Balaban J connectivity index is 1.50. The summed E-state index contributed by atoms with van der Waals surface area (Å²) in [4.78, 5) is 20.9. The third kappa shape index (κ3) is 6.30. The number of aromatic nitrogens is 2. The number of aryl methyl sites for hydroxylation is 2. The Morgan fingerprint density at radius 1 is 0.763 bits per heavy atom. The molecule has 0 radical (unpaired) electrons. The first kappa shape index (κ1) is 26.7. The van der Waals surface area contributed by atoms with Crippen LogP contribution in [0.1, 0.15) is 21.9 Å². The van der Waals surface area contributed by atoms with E-state index in [1.807, 2.05) is 0 Å². The fraction of sp³-hybridized carbons (Fsp3) is 0.0800. The fourth-order valence-corrected chi connectivity index (χ4v) is 5.54. The number of para-hydroxylation sites is 1. The number of hydrogen-bond donors (Lipinski definition) is 3. The van der Waals surface area contributed by atoms with Crippen LogP contribution in [0.4, 0.5) is 21.6 Å². The van der Waals surface area contributed by atoms with Gasteiger partial charge in [0.2, 0.25) is 0 Å². The third-order valence-corrected chi connectivity index (χ3v) is 7.92. The quantitative estimate of drug-likeness (QED) is 0.297. The second-order valence-corrected chi connectivity index (χ2v) is 11.5. The second kappa shape index (κ2) is 10.6. The number of benzene rings is 3. The van der Waals surface area contributed by atoms with E-state index in [2.05, 4.69) is 24.7 Å². The molecule has 196 valence electrons. The molecule has 10 nitrogen and oxygen atoms in total. The standard InChI is InChI=1S/C25H22FN5O5S2/c1-16-15-24(28-17(2)27-16)31-38(35,36)21-13-9-19(10-14-21)29-25(32)22-5-3-4-6-23(22)30-37(33,34)20-11-7-18(26)8-12-20/h3-15,30H,1-2H3,(H,29,32)(H,27,28,31). The van der Waals surface area contributed by atoms with Crippen LogP contribution in [0.15, 0.2) is 88.7 Å². The Kier molecular flexibility index (Phi) is 7.41. The number of hydrogen-bond acceptors (Lipinski definition) is 7. The molecule has 13 heteroatoms. The molecule has 4 rings (SSSR count). The molecule has 0 atom stereocenters. The lowest BCUT2D eigenvalue weighted by Crippen LogP contribution is -2.19. The molecule has 1 amide bonds. The number of amides is 1. The van der Waals surface area contributed by atoms with Gasteiger partial charge in [0.25, 0.3) is 26.0 Å². The molecule has 0 aliphatic carbocycles. The summed E-state index contributed by atoms with van der Waals surface area (Å²) in [6.45, 7) is 3.37. The minimum Gasteiger partial charge on any atom is -0.322 e. The van der Waals surface area contributed by atoms with Gasteiger partial charge in [-0.2, -0.15) is 0 Å². The van der Waals surface area contributed by atoms with Gasteiger partial charge in [0, 0.05) is 17.4 Å². The van der Waals surface area contributed by atoms with Gasteiger partial charge in [0.05, 0.1) is 21.0 Å². The molecule has 38 heavy (non-hydrogen) atoms. The average molecular weight is 556 g/mol. The third-order valence-electron chi connectivity index (χ3n) is 5.17. The summed E-state index contributed by atoms with van der Waals surface area (Å²) in [6.07, 6.45) is 0. The van der Waals surface area contributed by atoms with Crippen LogP contribution in [0.2, 0.25) is 0 Å². The van der Waals surface area contributed by atoms with Gasteiger partial charge in [-0.1, -0.05) is 12.1 Å². The zero-order chi connectivity index (χ0) is 27.5. The summed E-state index contributed by atoms with van der Waals surface area (Å²) in [5.74, 6) is -0.672. The monoisotopic (exact) mass is 555 g/mol. The zero-order valence-electron chi connectivity index (χ0n) is 20.1. The molecular weight excluding hydrogens is 533 g/mol. The molecule has 1 aromatic heterocycles. The van der Waals surface area contributed by atoms with Crippen LogP contribution in [0.25, 0.3) is 0 Å². The Labute approximate surface area is 219 Å². The zero-order valence-corrected chi connectivity index (χ0v) is 21.8. The van der Waals surface area contributed by atoms with Crippen LogP contribution >= 0.6 is 0 Å². The number of sulfonamides is 2. The van der Waals surface area contributed by atoms with E-state index in [0.717, 1.165) is 24.3 Å². The predicted molar refractivity (Wildman–Crippen MR) is 140 cm³/mol. The van der Waals surface area contributed by atoms with Crippen LogP contribution in [0.3, 0.4) is 0 Å². The molecule has 1 heterocycles. The van der Waals surface area contributed by atoms with Gasteiger partial charge in [0.1, 0.15) is 17.5 Å². The van der Waals surface area contributed by atoms with E-state index in [0.29, 0.717) is 11.5 Å². The fourth-order valence-electron chi connectivity index (χ4n) is 3.47. The molecule has 0 unspecified atom stereocenters. The summed E-state index contributed by atoms with van der Waals surface area (Å²) in [7, 11) is -8.05. The van der Waals surface area contributed by atoms with Crippen LogP contribution in [-0.4, -0.2) is 32.7 Å². The van der Waals surface area contributed by atoms with Crippen LogP contribution < -0.4 is 14.8 Å². The van der Waals surface area contributed by atoms with Crippen molar-refractivity contribution in [2.45, 2.75) is 23.6 Å². The number of carbonyl (C=O) groups excluding carboxylic acids is 1. The van der Waals surface area contributed by atoms with Crippen molar-refractivity contribution in [3.05, 3.63) is 102 Å². The van der Waals surface area contributed by atoms with Gasteiger partial charge < -0.3 is 5.32 Å². The lowest BCUT2D eigenvalue weighted by Gasteiger charge is -2.13. The Hall–Kier alpha value is -4.36. The molecular formula is C25H22FN5O5S2. The highest BCUT2D eigenvalue weighted by Gasteiger charge is 2.20. The molecule has 3 aromatic carbocycles. The Bertz CT molecular complexity index is 1690. The van der Waals surface area contributed by atoms with Crippen molar-refractivity contribution < 1.29 is 26.0 Å². The predicted octanol–water partition coefficient (Wildman–Crippen LogP) is 4.09. The highest BCUT2D eigenvalue weighted by atomic mass is 32.2. The topological polar surface area (TPSA) is 147 Å². The van der Waals surface area contributed by atoms with Crippen molar-refractivity contribution in [2.24, 2.45) is 0 Å². The van der Waals surface area contributed by atoms with E-state index in [-0.39, 0.29) is 32.5 Å². The maximum Gasteiger partial charge on any atom is 0.263 e. The number of rotatable bonds is 8. The van der Waals surface area contributed by atoms with E-state index in [1.165, 1.54) is 42.5 Å². The van der Waals surface area contributed by atoms with Gasteiger partial charge in [-0.05, 0) is 74.5 Å². The van der Waals surface area contributed by atoms with Crippen molar-refractivity contribution in [2.75, 3.05) is 14.8 Å². The SMILES string of the molecule is Cc1cc(NS(=O)(=O)c2ccc(NC(=O)c3ccccc3NS(=O)(=O)c3ccc(F)cc3)cc2)nc(C)n1. The molecule has 0 bridgehead atoms. The largest absolute Gasteiger partial charge is 0.322 e. The van der Waals surface area contributed by atoms with E-state index in [9.17, 15) is 26.0 Å². The number of nitrogens with one attached hydrogen (secondary N) is 3. The molecule has 0 aliphatic rings. The highest BCUT2D eigenvalue weighted by molar-refractivity contribution is 7.93. The normalized spacial score (nSPS) is 11.6. The van der Waals surface area contributed by atoms with E-state index in [4.69, 9.17) is 0 Å². The first-order chi connectivity index (χ1) is 17.9. The van der Waals surface area contributed by atoms with E-state index < -0.39 is 31.8 Å². The minimum absolute atomic E-state index is 0.00756. The van der Waals surface area contributed by atoms with Gasteiger partial charge in [-0.15, -0.1) is 0 Å². The van der Waals surface area contributed by atoms with E-state index >= 15 is 0 Å². The van der Waals surface area contributed by atoms with Crippen LogP contribution in [0, 0.1) is 19.7 Å². The average Bonchev–Trinajstić information content (AvgIpc) is 2.84. The maximum absolute atomic E-state index is 13.2. The van der Waals surface area contributed by atoms with E-state index in [1.54, 1.807) is 26.0 Å². The van der Waals surface area contributed by atoms with Gasteiger partial charge in [-0.3, -0.25) is 14.2 Å². The van der Waals surface area contributed by atoms with Crippen LogP contribution in [-0.2, 0) is 20.0 Å². The molecule has 0 saturated carbocycles. The molecule has 0 spiro atoms. The second-order valence-electron chi connectivity index (χ2n) is 8.13. The Morgan fingerprint density at radius 2 is 1.34 bits per heavy atom. The first-order valence-corrected chi connectivity index (χ1v) is 14.0. The van der Waals surface area contributed by atoms with Crippen molar-refractivity contribution in [1.82, 2.24) is 9.97 Å². The summed E-state index contributed by atoms with van der Waals surface area (Å²) in [5.41, 5.74) is 0.909. The van der Waals surface area contributed by atoms with Crippen molar-refractivity contribution in [3.63, 3.8) is 0 Å². The molecule has 3 N–H and O–H groups in total. The van der Waals surface area contributed by atoms with Crippen LogP contribution in [0.5, 0.6) is 0 Å². The molecule has 0 aliphatic heterocycles. The van der Waals surface area contributed by atoms with Gasteiger partial charge >= 0.3 is 0 Å². The molecule has 4 aromatic rings. The van der Waals surface area contributed by atoms with Crippen molar-refractivity contribution >= 4 is 43.1 Å². The number of anilines is 3. The summed E-state index contributed by atoms with van der Waals surface area (Å²) < 4.78 is 68.8. The van der Waals surface area contributed by atoms with Crippen molar-refractivity contribution in [3.8, 4) is 0 Å². The highest BCUT2D eigenvalue weighted by Crippen LogP contribution is 2.23. The van der Waals surface area contributed by atoms with Crippen molar-refractivity contribution in [1.29, 1.82) is 0 Å². The van der Waals surface area contributed by atoms with Gasteiger partial charge in [-0.25, -0.2) is 31.2 Å². The van der Waals surface area contributed by atoms with Gasteiger partial charge in [0.15, 0.2) is 0 Å². The summed E-state index contributed by atoms with van der Waals surface area (Å²) in [6, 6.07) is 17.1. The first-order valence-electron chi connectivity index (χ1n) is 11.1. The summed E-state index contributed by atoms with van der Waals surface area (Å²) >= 11 is 0. The number of carbonyl (C=O) groups is 1. The lowest BCUT2D eigenvalue weighted by molar-refractivity contribution is 0.102. The summed E-state index contributed by atoms with van der Waals surface area (Å²) in [5, 5.41) is 2.62. The number of nitrogens with zero attached hydrogens (tertiary/aromatic N) is 2. The lowest BCUT2D eigenvalue weighted by atomic mass is 10.1. The maximum atomic E-state index is 13.2.